The molecule has 2 N–H and O–H groups in total. The highest BCUT2D eigenvalue weighted by molar-refractivity contribution is 5.76. The second-order valence-electron chi connectivity index (χ2n) is 4.37. The first-order chi connectivity index (χ1) is 10.8. The molecule has 0 saturated carbocycles. The molecule has 0 radical (unpaired) electrons. The van der Waals surface area contributed by atoms with E-state index >= 15 is 0 Å². The molecule has 1 aromatic rings. The van der Waals surface area contributed by atoms with E-state index in [0.29, 0.717) is 13.1 Å². The number of nitrogens with zero attached hydrogens (tertiary/aromatic N) is 1. The number of benzene rings is 1. The molecule has 1 aliphatic rings. The number of halogens is 3. The van der Waals surface area contributed by atoms with E-state index in [0.717, 1.165) is 5.56 Å². The van der Waals surface area contributed by atoms with Gasteiger partial charge >= 0.3 is 18.2 Å². The average Bonchev–Trinajstić information content (AvgIpc) is 2.50. The molecule has 1 aromatic carbocycles. The lowest BCUT2D eigenvalue weighted by Crippen LogP contribution is -2.40. The summed E-state index contributed by atoms with van der Waals surface area (Å²) in [6.07, 6.45) is 2.54. The minimum absolute atomic E-state index is 0.0415. The quantitative estimate of drug-likeness (QED) is 0.896. The van der Waals surface area contributed by atoms with E-state index in [9.17, 15) is 18.0 Å². The Morgan fingerprint density at radius 1 is 1.30 bits per heavy atom. The van der Waals surface area contributed by atoms with Gasteiger partial charge in [0.1, 0.15) is 0 Å². The van der Waals surface area contributed by atoms with Crippen molar-refractivity contribution in [2.24, 2.45) is 0 Å². The molecular formula is C15H15F3N2O3. The SMILES string of the molecule is O=C(O)C(F)(F)F.O=C1NC=CCN1CC=Cc1ccccc1. The molecule has 0 aliphatic carbocycles. The second kappa shape index (κ2) is 8.62. The summed E-state index contributed by atoms with van der Waals surface area (Å²) in [5, 5.41) is 9.78. The van der Waals surface area contributed by atoms with E-state index in [4.69, 9.17) is 9.90 Å². The number of alkyl halides is 3. The third-order valence-corrected chi connectivity index (χ3v) is 2.62. The second-order valence-corrected chi connectivity index (χ2v) is 4.37. The third-order valence-electron chi connectivity index (χ3n) is 2.62. The lowest BCUT2D eigenvalue weighted by molar-refractivity contribution is -0.192. The number of urea groups is 1. The highest BCUT2D eigenvalue weighted by atomic mass is 19.4. The van der Waals surface area contributed by atoms with Gasteiger partial charge in [-0.15, -0.1) is 0 Å². The van der Waals surface area contributed by atoms with Crippen molar-refractivity contribution in [3.8, 4) is 0 Å². The summed E-state index contributed by atoms with van der Waals surface area (Å²) in [4.78, 5) is 22.0. The van der Waals surface area contributed by atoms with Crippen LogP contribution >= 0.6 is 0 Å². The first-order valence-electron chi connectivity index (χ1n) is 6.53. The van der Waals surface area contributed by atoms with Crippen LogP contribution < -0.4 is 5.32 Å². The molecule has 0 atom stereocenters. The molecular weight excluding hydrogens is 313 g/mol. The Morgan fingerprint density at radius 2 is 1.91 bits per heavy atom. The number of hydrogen-bond donors (Lipinski definition) is 2. The number of carboxylic acid groups (broad SMARTS) is 1. The Balaban J connectivity index is 0.000000322. The fourth-order valence-electron chi connectivity index (χ4n) is 1.52. The van der Waals surface area contributed by atoms with Crippen LogP contribution in [0.5, 0.6) is 0 Å². The molecule has 1 aliphatic heterocycles. The van der Waals surface area contributed by atoms with E-state index in [1.165, 1.54) is 0 Å². The topological polar surface area (TPSA) is 69.6 Å². The average molecular weight is 328 g/mol. The van der Waals surface area contributed by atoms with Crippen molar-refractivity contribution in [2.45, 2.75) is 6.18 Å². The van der Waals surface area contributed by atoms with Gasteiger partial charge in [0, 0.05) is 19.3 Å². The number of carbonyl (C=O) groups is 2. The van der Waals surface area contributed by atoms with Gasteiger partial charge in [0.05, 0.1) is 0 Å². The summed E-state index contributed by atoms with van der Waals surface area (Å²) in [6, 6.07) is 10.0. The summed E-state index contributed by atoms with van der Waals surface area (Å²) in [7, 11) is 0. The van der Waals surface area contributed by atoms with Crippen LogP contribution in [0.15, 0.2) is 48.7 Å². The van der Waals surface area contributed by atoms with Gasteiger partial charge in [0.15, 0.2) is 0 Å². The number of carbonyl (C=O) groups excluding carboxylic acids is 1. The van der Waals surface area contributed by atoms with Gasteiger partial charge in [-0.3, -0.25) is 0 Å². The van der Waals surface area contributed by atoms with E-state index in [-0.39, 0.29) is 6.03 Å². The van der Waals surface area contributed by atoms with Crippen molar-refractivity contribution in [2.75, 3.05) is 13.1 Å². The van der Waals surface area contributed by atoms with Crippen LogP contribution in [-0.2, 0) is 4.79 Å². The normalized spacial score (nSPS) is 14.2. The van der Waals surface area contributed by atoms with Gasteiger partial charge in [-0.05, 0) is 11.6 Å². The number of hydrogen-bond acceptors (Lipinski definition) is 2. The molecule has 0 saturated heterocycles. The van der Waals surface area contributed by atoms with Crippen LogP contribution in [0.2, 0.25) is 0 Å². The van der Waals surface area contributed by atoms with Crippen LogP contribution in [0.4, 0.5) is 18.0 Å². The van der Waals surface area contributed by atoms with Crippen molar-refractivity contribution in [1.29, 1.82) is 0 Å². The Labute approximate surface area is 130 Å². The molecule has 0 aromatic heterocycles. The predicted octanol–water partition coefficient (Wildman–Crippen LogP) is 2.87. The van der Waals surface area contributed by atoms with Crippen molar-refractivity contribution in [1.82, 2.24) is 10.2 Å². The van der Waals surface area contributed by atoms with E-state index in [1.54, 1.807) is 11.1 Å². The van der Waals surface area contributed by atoms with Crippen molar-refractivity contribution in [3.63, 3.8) is 0 Å². The minimum Gasteiger partial charge on any atom is -0.475 e. The summed E-state index contributed by atoms with van der Waals surface area (Å²) in [5.41, 5.74) is 1.15. The van der Waals surface area contributed by atoms with Gasteiger partial charge in [-0.25, -0.2) is 9.59 Å². The summed E-state index contributed by atoms with van der Waals surface area (Å²) in [6.45, 7) is 1.30. The van der Waals surface area contributed by atoms with E-state index in [2.05, 4.69) is 5.32 Å². The summed E-state index contributed by atoms with van der Waals surface area (Å²) in [5.74, 6) is -2.76. The van der Waals surface area contributed by atoms with Crippen molar-refractivity contribution < 1.29 is 27.9 Å². The predicted molar refractivity (Wildman–Crippen MR) is 78.4 cm³/mol. The van der Waals surface area contributed by atoms with E-state index in [1.807, 2.05) is 48.6 Å². The first kappa shape index (κ1) is 18.3. The van der Waals surface area contributed by atoms with Gasteiger partial charge in [-0.1, -0.05) is 42.5 Å². The van der Waals surface area contributed by atoms with Gasteiger partial charge < -0.3 is 15.3 Å². The molecule has 124 valence electrons. The Hall–Kier alpha value is -2.77. The zero-order chi connectivity index (χ0) is 17.3. The maximum Gasteiger partial charge on any atom is 0.490 e. The van der Waals surface area contributed by atoms with Crippen molar-refractivity contribution >= 4 is 18.1 Å². The summed E-state index contributed by atoms with van der Waals surface area (Å²) < 4.78 is 31.7. The highest BCUT2D eigenvalue weighted by Crippen LogP contribution is 2.13. The van der Waals surface area contributed by atoms with Crippen LogP contribution in [0.1, 0.15) is 5.56 Å². The Kier molecular flexibility index (Phi) is 6.85. The molecule has 0 spiro atoms. The highest BCUT2D eigenvalue weighted by Gasteiger charge is 2.38. The largest absolute Gasteiger partial charge is 0.490 e. The number of amides is 2. The van der Waals surface area contributed by atoms with Crippen LogP contribution in [-0.4, -0.2) is 41.3 Å². The molecule has 2 rings (SSSR count). The van der Waals surface area contributed by atoms with E-state index < -0.39 is 12.1 Å². The Bertz CT molecular complexity index is 583. The van der Waals surface area contributed by atoms with Gasteiger partial charge in [0.25, 0.3) is 0 Å². The van der Waals surface area contributed by atoms with Crippen LogP contribution in [0, 0.1) is 0 Å². The fourth-order valence-corrected chi connectivity index (χ4v) is 1.52. The lowest BCUT2D eigenvalue weighted by Gasteiger charge is -2.21. The van der Waals surface area contributed by atoms with Gasteiger partial charge in [0.2, 0.25) is 0 Å². The number of rotatable bonds is 3. The third kappa shape index (κ3) is 7.16. The molecule has 0 unspecified atom stereocenters. The molecule has 23 heavy (non-hydrogen) atoms. The smallest absolute Gasteiger partial charge is 0.475 e. The molecule has 0 fully saturated rings. The first-order valence-corrected chi connectivity index (χ1v) is 6.53. The van der Waals surface area contributed by atoms with Crippen molar-refractivity contribution in [3.05, 3.63) is 54.2 Å². The van der Waals surface area contributed by atoms with Gasteiger partial charge in [-0.2, -0.15) is 13.2 Å². The maximum atomic E-state index is 11.4. The zero-order valence-electron chi connectivity index (χ0n) is 12.0. The molecule has 1 heterocycles. The number of carboxylic acids is 1. The summed E-state index contributed by atoms with van der Waals surface area (Å²) >= 11 is 0. The lowest BCUT2D eigenvalue weighted by atomic mass is 10.2. The molecule has 5 nitrogen and oxygen atoms in total. The maximum absolute atomic E-state index is 11.4. The number of nitrogens with one attached hydrogen (secondary N) is 1. The standard InChI is InChI=1S/C13H14N2O.C2HF3O2/c16-13-14-9-5-11-15(13)10-4-8-12-6-2-1-3-7-12;3-2(4,5)1(6)7/h1-9H,10-11H2,(H,14,16);(H,6,7). The molecule has 8 heteroatoms. The Morgan fingerprint density at radius 3 is 2.43 bits per heavy atom. The van der Waals surface area contributed by atoms with Crippen LogP contribution in [0.3, 0.4) is 0 Å². The number of aliphatic carboxylic acids is 1. The zero-order valence-corrected chi connectivity index (χ0v) is 12.0. The minimum atomic E-state index is -5.08. The molecule has 2 amide bonds. The fraction of sp³-hybridized carbons (Fsp3) is 0.200. The molecule has 0 bridgehead atoms. The monoisotopic (exact) mass is 328 g/mol. The van der Waals surface area contributed by atoms with Crippen LogP contribution in [0.25, 0.3) is 6.08 Å².